The summed E-state index contributed by atoms with van der Waals surface area (Å²) in [5.41, 5.74) is 0.943. The molecule has 0 amide bonds. The van der Waals surface area contributed by atoms with Crippen molar-refractivity contribution in [1.82, 2.24) is 0 Å². The van der Waals surface area contributed by atoms with Gasteiger partial charge in [0.05, 0.1) is 6.61 Å². The molecule has 11 heavy (non-hydrogen) atoms. The quantitative estimate of drug-likeness (QED) is 0.714. The van der Waals surface area contributed by atoms with Gasteiger partial charge in [0, 0.05) is 4.47 Å². The minimum absolute atomic E-state index is 0.118. The molecule has 0 unspecified atom stereocenters. The van der Waals surface area contributed by atoms with E-state index < -0.39 is 0 Å². The average molecular weight is 215 g/mol. The maximum absolute atomic E-state index is 8.61. The van der Waals surface area contributed by atoms with Crippen LogP contribution in [0, 0.1) is 0 Å². The van der Waals surface area contributed by atoms with Crippen LogP contribution in [0.1, 0.15) is 5.56 Å². The number of hydrogen-bond donors (Lipinski definition) is 1. The highest BCUT2D eigenvalue weighted by molar-refractivity contribution is 9.10. The smallest absolute Gasteiger partial charge is 0.0681 e. The number of hydrogen-bond acceptors (Lipinski definition) is 1. The van der Waals surface area contributed by atoms with Crippen molar-refractivity contribution in [1.29, 1.82) is 0 Å². The van der Waals surface area contributed by atoms with Crippen LogP contribution in [0.5, 0.6) is 0 Å². The molecule has 60 valence electrons. The molecule has 1 N–H and O–H groups in total. The van der Waals surface area contributed by atoms with Crippen molar-refractivity contribution in [2.24, 2.45) is 0 Å². The van der Waals surface area contributed by atoms with E-state index in [9.17, 15) is 0 Å². The lowest BCUT2D eigenvalue weighted by atomic mass is 10.2. The van der Waals surface area contributed by atoms with E-state index in [0.29, 0.717) is 0 Å². The van der Waals surface area contributed by atoms with Crippen LogP contribution >= 0.6 is 15.9 Å². The largest absolute Gasteiger partial charge is 0.392 e. The molecule has 0 aliphatic heterocycles. The minimum atomic E-state index is 0.118. The maximum Gasteiger partial charge on any atom is 0.0681 e. The van der Waals surface area contributed by atoms with E-state index in [1.165, 1.54) is 0 Å². The van der Waals surface area contributed by atoms with Crippen molar-refractivity contribution in [2.75, 3.05) is 0 Å². The van der Waals surface area contributed by atoms with E-state index in [0.717, 1.165) is 10.0 Å². The van der Waals surface area contributed by atoms with Crippen molar-refractivity contribution in [3.05, 3.63) is 47.5 Å². The summed E-state index contributed by atoms with van der Waals surface area (Å²) in [4.78, 5) is 0. The van der Waals surface area contributed by atoms with Gasteiger partial charge in [-0.2, -0.15) is 0 Å². The topological polar surface area (TPSA) is 20.2 Å². The van der Waals surface area contributed by atoms with E-state index in [2.05, 4.69) is 29.1 Å². The Hall–Kier alpha value is -0.600. The second kappa shape index (κ2) is 6.13. The van der Waals surface area contributed by atoms with Gasteiger partial charge in [-0.25, -0.2) is 0 Å². The third-order valence-corrected chi connectivity index (χ3v) is 1.62. The first-order valence-electron chi connectivity index (χ1n) is 3.18. The fourth-order valence-electron chi connectivity index (χ4n) is 0.590. The first-order valence-corrected chi connectivity index (χ1v) is 3.97. The van der Waals surface area contributed by atoms with Gasteiger partial charge in [-0.1, -0.05) is 28.1 Å². The predicted octanol–water partition coefficient (Wildman–Crippen LogP) is 2.74. The fraction of sp³-hybridized carbons (Fsp3) is 0.111. The van der Waals surface area contributed by atoms with Crippen LogP contribution in [-0.4, -0.2) is 5.11 Å². The second-order valence-corrected chi connectivity index (χ2v) is 2.70. The van der Waals surface area contributed by atoms with Gasteiger partial charge < -0.3 is 5.11 Å². The van der Waals surface area contributed by atoms with Gasteiger partial charge in [-0.05, 0) is 17.7 Å². The highest BCUT2D eigenvalue weighted by atomic mass is 79.9. The zero-order chi connectivity index (χ0) is 8.69. The second-order valence-electron chi connectivity index (χ2n) is 1.78. The summed E-state index contributed by atoms with van der Waals surface area (Å²) in [6.07, 6.45) is 0. The van der Waals surface area contributed by atoms with Crippen LogP contribution in [0.25, 0.3) is 0 Å². The molecular formula is C9H11BrO. The summed E-state index contributed by atoms with van der Waals surface area (Å²) < 4.78 is 1.04. The summed E-state index contributed by atoms with van der Waals surface area (Å²) in [6, 6.07) is 7.57. The zero-order valence-electron chi connectivity index (χ0n) is 6.26. The summed E-state index contributed by atoms with van der Waals surface area (Å²) in [5.74, 6) is 0. The van der Waals surface area contributed by atoms with Crippen LogP contribution in [-0.2, 0) is 6.61 Å². The van der Waals surface area contributed by atoms with Gasteiger partial charge in [0.2, 0.25) is 0 Å². The standard InChI is InChI=1S/C7H7BrO.C2H4/c8-7-3-1-6(5-9)2-4-7;1-2/h1-4,9H,5H2;1-2H2. The van der Waals surface area contributed by atoms with Gasteiger partial charge in [-0.15, -0.1) is 13.2 Å². The Balaban J connectivity index is 0.000000461. The Bertz CT molecular complexity index is 193. The van der Waals surface area contributed by atoms with Gasteiger partial charge in [0.25, 0.3) is 0 Å². The monoisotopic (exact) mass is 214 g/mol. The van der Waals surface area contributed by atoms with Crippen molar-refractivity contribution >= 4 is 15.9 Å². The highest BCUT2D eigenvalue weighted by Crippen LogP contribution is 2.09. The molecule has 0 aromatic heterocycles. The molecule has 0 fully saturated rings. The molecule has 0 aliphatic rings. The molecule has 0 saturated heterocycles. The molecule has 0 saturated carbocycles. The molecule has 0 aliphatic carbocycles. The highest BCUT2D eigenvalue weighted by Gasteiger charge is 1.86. The zero-order valence-corrected chi connectivity index (χ0v) is 7.84. The molecular weight excluding hydrogens is 204 g/mol. The Labute approximate surface area is 75.5 Å². The molecule has 1 aromatic carbocycles. The van der Waals surface area contributed by atoms with Crippen molar-refractivity contribution in [3.8, 4) is 0 Å². The Morgan fingerprint density at radius 2 is 1.64 bits per heavy atom. The van der Waals surface area contributed by atoms with Gasteiger partial charge in [0.15, 0.2) is 0 Å². The number of rotatable bonds is 1. The van der Waals surface area contributed by atoms with E-state index in [1.807, 2.05) is 24.3 Å². The minimum Gasteiger partial charge on any atom is -0.392 e. The van der Waals surface area contributed by atoms with E-state index in [-0.39, 0.29) is 6.61 Å². The summed E-state index contributed by atoms with van der Waals surface area (Å²) in [6.45, 7) is 6.12. The van der Waals surface area contributed by atoms with E-state index >= 15 is 0 Å². The number of aliphatic hydroxyl groups excluding tert-OH is 1. The Morgan fingerprint density at radius 3 is 2.00 bits per heavy atom. The normalized spacial score (nSPS) is 8.18. The summed E-state index contributed by atoms with van der Waals surface area (Å²) in [5, 5.41) is 8.61. The van der Waals surface area contributed by atoms with E-state index in [1.54, 1.807) is 0 Å². The predicted molar refractivity (Wildman–Crippen MR) is 51.3 cm³/mol. The molecule has 0 heterocycles. The molecule has 0 bridgehead atoms. The summed E-state index contributed by atoms with van der Waals surface area (Å²) >= 11 is 3.29. The van der Waals surface area contributed by atoms with E-state index in [4.69, 9.17) is 5.11 Å². The Kier molecular flexibility index (Phi) is 5.80. The molecule has 1 aromatic rings. The third-order valence-electron chi connectivity index (χ3n) is 1.10. The van der Waals surface area contributed by atoms with Gasteiger partial charge >= 0.3 is 0 Å². The fourth-order valence-corrected chi connectivity index (χ4v) is 0.854. The van der Waals surface area contributed by atoms with Crippen molar-refractivity contribution in [2.45, 2.75) is 6.61 Å². The first-order chi connectivity index (χ1) is 5.33. The summed E-state index contributed by atoms with van der Waals surface area (Å²) in [7, 11) is 0. The lowest BCUT2D eigenvalue weighted by Crippen LogP contribution is -1.79. The number of halogens is 1. The average Bonchev–Trinajstić information content (AvgIpc) is 2.10. The molecule has 0 spiro atoms. The Morgan fingerprint density at radius 1 is 1.18 bits per heavy atom. The molecule has 0 atom stereocenters. The van der Waals surface area contributed by atoms with Crippen LogP contribution in [0.2, 0.25) is 0 Å². The molecule has 1 rings (SSSR count). The molecule has 0 radical (unpaired) electrons. The third kappa shape index (κ3) is 3.96. The lowest BCUT2D eigenvalue weighted by Gasteiger charge is -1.92. The van der Waals surface area contributed by atoms with Crippen LogP contribution in [0.3, 0.4) is 0 Å². The first kappa shape index (κ1) is 10.4. The van der Waals surface area contributed by atoms with Gasteiger partial charge in [0.1, 0.15) is 0 Å². The molecule has 1 nitrogen and oxygen atoms in total. The van der Waals surface area contributed by atoms with Crippen molar-refractivity contribution < 1.29 is 5.11 Å². The number of benzene rings is 1. The maximum atomic E-state index is 8.61. The van der Waals surface area contributed by atoms with Crippen molar-refractivity contribution in [3.63, 3.8) is 0 Å². The van der Waals surface area contributed by atoms with Crippen LogP contribution in [0.15, 0.2) is 41.9 Å². The van der Waals surface area contributed by atoms with Crippen LogP contribution in [0.4, 0.5) is 0 Å². The number of aliphatic hydroxyl groups is 1. The molecule has 2 heteroatoms. The van der Waals surface area contributed by atoms with Gasteiger partial charge in [-0.3, -0.25) is 0 Å². The van der Waals surface area contributed by atoms with Crippen LogP contribution < -0.4 is 0 Å². The lowest BCUT2D eigenvalue weighted by molar-refractivity contribution is 0.282. The SMILES string of the molecule is C=C.OCc1ccc(Br)cc1.